The molecule has 6 rings (SSSR count). The van der Waals surface area contributed by atoms with E-state index in [-0.39, 0.29) is 17.0 Å². The Hall–Kier alpha value is -5.17. The summed E-state index contributed by atoms with van der Waals surface area (Å²) < 4.78 is 0. The first kappa shape index (κ1) is 35.6. The van der Waals surface area contributed by atoms with Crippen LogP contribution < -0.4 is 16.0 Å². The Morgan fingerprint density at radius 1 is 0.941 bits per heavy atom. The molecule has 7 nitrogen and oxygen atoms in total. The summed E-state index contributed by atoms with van der Waals surface area (Å²) in [5, 5.41) is 20.9. The van der Waals surface area contributed by atoms with Gasteiger partial charge in [0.1, 0.15) is 16.8 Å². The quantitative estimate of drug-likeness (QED) is 0.104. The third-order valence-electron chi connectivity index (χ3n) is 9.26. The molecule has 1 heterocycles. The van der Waals surface area contributed by atoms with Gasteiger partial charge in [-0.1, -0.05) is 87.5 Å². The van der Waals surface area contributed by atoms with Gasteiger partial charge in [-0.2, -0.15) is 5.26 Å². The topological polar surface area (TPSA) is 111 Å². The van der Waals surface area contributed by atoms with E-state index < -0.39 is 17.1 Å². The Labute approximate surface area is 307 Å². The average Bonchev–Trinajstić information content (AvgIpc) is 3.47. The minimum absolute atomic E-state index is 0.0896. The molecule has 0 fully saturated rings. The summed E-state index contributed by atoms with van der Waals surface area (Å²) in [5.41, 5.74) is 3.67. The molecule has 0 saturated heterocycles. The highest BCUT2D eigenvalue weighted by atomic mass is 32.2. The van der Waals surface area contributed by atoms with Crippen molar-refractivity contribution in [2.24, 2.45) is 11.3 Å². The molecule has 4 aromatic carbocycles. The molecule has 0 bridgehead atoms. The summed E-state index contributed by atoms with van der Waals surface area (Å²) in [4.78, 5) is 42.4. The van der Waals surface area contributed by atoms with E-state index >= 15 is 0 Å². The van der Waals surface area contributed by atoms with Crippen LogP contribution in [0.3, 0.4) is 0 Å². The number of anilines is 2. The lowest BCUT2D eigenvalue weighted by Crippen LogP contribution is -2.30. The van der Waals surface area contributed by atoms with E-state index in [1.165, 1.54) is 28.0 Å². The highest BCUT2D eigenvalue weighted by molar-refractivity contribution is 8.00. The fraction of sp³-hybridized carbons (Fsp3) is 0.238. The molecular weight excluding hydrogens is 673 g/mol. The lowest BCUT2D eigenvalue weighted by Gasteiger charge is -2.33. The van der Waals surface area contributed by atoms with Crippen LogP contribution in [0.25, 0.3) is 16.8 Å². The Morgan fingerprint density at radius 3 is 2.43 bits per heavy atom. The summed E-state index contributed by atoms with van der Waals surface area (Å²) in [5.74, 6) is -0.548. The number of fused-ring (bicyclic) bond motifs is 2. The molecule has 2 atom stereocenters. The highest BCUT2D eigenvalue weighted by Crippen LogP contribution is 2.44. The largest absolute Gasteiger partial charge is 0.321 e. The molecule has 1 aromatic heterocycles. The predicted molar refractivity (Wildman–Crippen MR) is 209 cm³/mol. The molecule has 51 heavy (non-hydrogen) atoms. The van der Waals surface area contributed by atoms with Crippen LogP contribution in [0.5, 0.6) is 0 Å². The van der Waals surface area contributed by atoms with E-state index in [1.807, 2.05) is 67.6 Å². The van der Waals surface area contributed by atoms with Gasteiger partial charge in [0.25, 0.3) is 11.8 Å². The minimum Gasteiger partial charge on any atom is -0.321 e. The van der Waals surface area contributed by atoms with E-state index in [4.69, 9.17) is 0 Å². The minimum atomic E-state index is -0.487. The summed E-state index contributed by atoms with van der Waals surface area (Å²) in [6, 6.07) is 32.0. The van der Waals surface area contributed by atoms with Crippen LogP contribution in [0.15, 0.2) is 108 Å². The second-order valence-corrected chi connectivity index (χ2v) is 16.3. The maximum atomic E-state index is 13.8. The number of amides is 3. The van der Waals surface area contributed by atoms with Crippen LogP contribution in [-0.2, 0) is 22.4 Å². The van der Waals surface area contributed by atoms with Crippen LogP contribution in [-0.4, -0.2) is 23.0 Å². The first-order chi connectivity index (χ1) is 24.5. The Balaban J connectivity index is 1.17. The first-order valence-electron chi connectivity index (χ1n) is 17.0. The molecule has 258 valence electrons. The van der Waals surface area contributed by atoms with Gasteiger partial charge in [-0.3, -0.25) is 14.4 Å². The van der Waals surface area contributed by atoms with Gasteiger partial charge < -0.3 is 16.0 Å². The molecule has 9 heteroatoms. The van der Waals surface area contributed by atoms with Gasteiger partial charge in [-0.05, 0) is 95.8 Å². The molecule has 5 aromatic rings. The zero-order chi connectivity index (χ0) is 36.1. The Bertz CT molecular complexity index is 2170. The van der Waals surface area contributed by atoms with Gasteiger partial charge in [0.05, 0.1) is 10.8 Å². The zero-order valence-electron chi connectivity index (χ0n) is 29.1. The zero-order valence-corrected chi connectivity index (χ0v) is 30.7. The Kier molecular flexibility index (Phi) is 10.8. The fourth-order valence-corrected chi connectivity index (χ4v) is 8.53. The standard InChI is InChI=1S/C42H40N4O3S2/c1-26(38(47)46-41-35(25-43)34-21-20-30(42(2,3)4)23-37(34)51-41)50-32-18-11-17-31(24-32)44-40(49)36(45-39(48)28-13-6-5-7-14-28)22-29-16-10-15-27-12-8-9-19-33(27)29/h5-19,22,24,26,30H,20-21,23H2,1-4H3,(H,44,49)(H,45,48)(H,46,47)/b36-22+. The second-order valence-electron chi connectivity index (χ2n) is 13.8. The maximum Gasteiger partial charge on any atom is 0.272 e. The lowest BCUT2D eigenvalue weighted by atomic mass is 9.72. The van der Waals surface area contributed by atoms with Crippen molar-refractivity contribution in [2.75, 3.05) is 10.6 Å². The van der Waals surface area contributed by atoms with Crippen LogP contribution >= 0.6 is 23.1 Å². The number of hydrogen-bond donors (Lipinski definition) is 3. The maximum absolute atomic E-state index is 13.8. The van der Waals surface area contributed by atoms with Crippen molar-refractivity contribution in [1.82, 2.24) is 5.32 Å². The van der Waals surface area contributed by atoms with Crippen LogP contribution in [0.2, 0.25) is 0 Å². The summed E-state index contributed by atoms with van der Waals surface area (Å²) in [6.07, 6.45) is 4.49. The molecule has 0 aliphatic heterocycles. The number of rotatable bonds is 9. The number of hydrogen-bond acceptors (Lipinski definition) is 6. The van der Waals surface area contributed by atoms with Gasteiger partial charge in [0, 0.05) is 21.0 Å². The first-order valence-corrected chi connectivity index (χ1v) is 18.7. The molecule has 1 aliphatic rings. The number of thiophene rings is 1. The van der Waals surface area contributed by atoms with Gasteiger partial charge in [-0.25, -0.2) is 0 Å². The van der Waals surface area contributed by atoms with Crippen molar-refractivity contribution in [3.05, 3.63) is 130 Å². The van der Waals surface area contributed by atoms with Crippen molar-refractivity contribution >= 4 is 68.4 Å². The van der Waals surface area contributed by atoms with Crippen LogP contribution in [0.1, 0.15) is 66.0 Å². The third kappa shape index (κ3) is 8.42. The van der Waals surface area contributed by atoms with Crippen molar-refractivity contribution in [1.29, 1.82) is 5.26 Å². The lowest BCUT2D eigenvalue weighted by molar-refractivity contribution is -0.115. The smallest absolute Gasteiger partial charge is 0.272 e. The highest BCUT2D eigenvalue weighted by Gasteiger charge is 2.32. The van der Waals surface area contributed by atoms with E-state index in [9.17, 15) is 19.6 Å². The summed E-state index contributed by atoms with van der Waals surface area (Å²) >= 11 is 2.89. The number of carbonyl (C=O) groups excluding carboxylic acids is 3. The monoisotopic (exact) mass is 712 g/mol. The second kappa shape index (κ2) is 15.4. The molecule has 1 aliphatic carbocycles. The summed E-state index contributed by atoms with van der Waals surface area (Å²) in [6.45, 7) is 8.60. The number of nitriles is 1. The van der Waals surface area contributed by atoms with Crippen molar-refractivity contribution in [3.63, 3.8) is 0 Å². The van der Waals surface area contributed by atoms with E-state index in [0.29, 0.717) is 27.7 Å². The molecule has 3 amide bonds. The number of benzene rings is 4. The summed E-state index contributed by atoms with van der Waals surface area (Å²) in [7, 11) is 0. The van der Waals surface area contributed by atoms with Crippen LogP contribution in [0.4, 0.5) is 10.7 Å². The van der Waals surface area contributed by atoms with E-state index in [0.717, 1.165) is 46.1 Å². The molecule has 3 N–H and O–H groups in total. The molecule has 2 unspecified atom stereocenters. The Morgan fingerprint density at radius 2 is 1.67 bits per heavy atom. The molecular formula is C42H40N4O3S2. The number of nitrogens with zero attached hydrogens (tertiary/aromatic N) is 1. The van der Waals surface area contributed by atoms with E-state index in [2.05, 4.69) is 42.8 Å². The van der Waals surface area contributed by atoms with Crippen molar-refractivity contribution < 1.29 is 14.4 Å². The number of nitrogens with one attached hydrogen (secondary N) is 3. The van der Waals surface area contributed by atoms with Gasteiger partial charge in [0.15, 0.2) is 0 Å². The molecule has 0 radical (unpaired) electrons. The fourth-order valence-electron chi connectivity index (χ4n) is 6.32. The average molecular weight is 713 g/mol. The van der Waals surface area contributed by atoms with Gasteiger partial charge in [-0.15, -0.1) is 23.1 Å². The molecule has 0 spiro atoms. The van der Waals surface area contributed by atoms with Gasteiger partial charge >= 0.3 is 0 Å². The van der Waals surface area contributed by atoms with Gasteiger partial charge in [0.2, 0.25) is 5.91 Å². The number of carbonyl (C=O) groups is 3. The normalized spacial score (nSPS) is 15.0. The van der Waals surface area contributed by atoms with Crippen molar-refractivity contribution in [2.45, 2.75) is 57.1 Å². The predicted octanol–water partition coefficient (Wildman–Crippen LogP) is 9.45. The van der Waals surface area contributed by atoms with E-state index in [1.54, 1.807) is 42.5 Å². The van der Waals surface area contributed by atoms with Crippen LogP contribution in [0, 0.1) is 22.7 Å². The molecule has 0 saturated carbocycles. The number of thioether (sulfide) groups is 1. The van der Waals surface area contributed by atoms with Crippen molar-refractivity contribution in [3.8, 4) is 6.07 Å². The SMILES string of the molecule is CC(Sc1cccc(NC(=O)/C(=C\c2cccc3ccccc23)NC(=O)c2ccccc2)c1)C(=O)Nc1sc2c(c1C#N)CCC(C(C)(C)C)C2. The third-order valence-corrected chi connectivity index (χ3v) is 11.5.